The average Bonchev–Trinajstić information content (AvgIpc) is 2.74. The van der Waals surface area contributed by atoms with E-state index < -0.39 is 0 Å². The first-order chi connectivity index (χ1) is 15.2. The van der Waals surface area contributed by atoms with Crippen molar-refractivity contribution in [2.45, 2.75) is 33.4 Å². The molecule has 8 heteroatoms. The Morgan fingerprint density at radius 1 is 1.12 bits per heavy atom. The van der Waals surface area contributed by atoms with Crippen LogP contribution in [0.5, 0.6) is 5.75 Å². The Labute approximate surface area is 188 Å². The van der Waals surface area contributed by atoms with Gasteiger partial charge < -0.3 is 25.0 Å². The van der Waals surface area contributed by atoms with E-state index in [1.54, 1.807) is 20.2 Å². The van der Waals surface area contributed by atoms with Crippen molar-refractivity contribution in [3.8, 4) is 5.75 Å². The number of phenols is 1. The van der Waals surface area contributed by atoms with Crippen LogP contribution in [-0.2, 0) is 16.0 Å². The number of hydrogen-bond donors (Lipinski definition) is 2. The predicted molar refractivity (Wildman–Crippen MR) is 128 cm³/mol. The summed E-state index contributed by atoms with van der Waals surface area (Å²) in [6, 6.07) is 11.3. The Hall–Kier alpha value is -3.39. The molecule has 1 unspecified atom stereocenters. The molecular formula is C24H31N5O3. The number of aromatic nitrogens is 2. The second-order valence-corrected chi connectivity index (χ2v) is 7.90. The number of nitrogens with one attached hydrogen (secondary N) is 1. The van der Waals surface area contributed by atoms with Crippen LogP contribution in [0.15, 0.2) is 36.4 Å². The van der Waals surface area contributed by atoms with E-state index in [4.69, 9.17) is 4.74 Å². The van der Waals surface area contributed by atoms with Gasteiger partial charge >= 0.3 is 0 Å². The van der Waals surface area contributed by atoms with Gasteiger partial charge in [0.2, 0.25) is 5.91 Å². The van der Waals surface area contributed by atoms with Crippen molar-refractivity contribution in [3.05, 3.63) is 47.8 Å². The number of benzene rings is 2. The zero-order valence-electron chi connectivity index (χ0n) is 19.5. The molecule has 0 bridgehead atoms. The summed E-state index contributed by atoms with van der Waals surface area (Å²) < 4.78 is 5.62. The SMILES string of the molecule is CCOC(C)Nc1nc(C)nc2ccc(N(C)c3ccc(O)c(CC(=O)N(C)C)c3)cc12. The van der Waals surface area contributed by atoms with Crippen LogP contribution in [0.4, 0.5) is 17.2 Å². The average molecular weight is 438 g/mol. The minimum Gasteiger partial charge on any atom is -0.508 e. The molecule has 3 rings (SSSR count). The minimum atomic E-state index is -0.187. The fourth-order valence-corrected chi connectivity index (χ4v) is 3.43. The number of hydrogen-bond acceptors (Lipinski definition) is 7. The van der Waals surface area contributed by atoms with Crippen LogP contribution in [0.25, 0.3) is 10.9 Å². The quantitative estimate of drug-likeness (QED) is 0.518. The summed E-state index contributed by atoms with van der Waals surface area (Å²) in [7, 11) is 5.34. The molecule has 0 aliphatic carbocycles. The molecule has 1 aromatic heterocycles. The van der Waals surface area contributed by atoms with Crippen LogP contribution in [0.1, 0.15) is 25.2 Å². The molecule has 0 spiro atoms. The second kappa shape index (κ2) is 9.82. The number of anilines is 3. The number of rotatable bonds is 8. The Morgan fingerprint density at radius 3 is 2.50 bits per heavy atom. The largest absolute Gasteiger partial charge is 0.508 e. The molecule has 0 aliphatic heterocycles. The van der Waals surface area contributed by atoms with Gasteiger partial charge in [-0.05, 0) is 57.2 Å². The first-order valence-corrected chi connectivity index (χ1v) is 10.6. The highest BCUT2D eigenvalue weighted by atomic mass is 16.5. The van der Waals surface area contributed by atoms with E-state index in [1.165, 1.54) is 4.90 Å². The summed E-state index contributed by atoms with van der Waals surface area (Å²) in [4.78, 5) is 24.8. The van der Waals surface area contributed by atoms with Crippen LogP contribution in [0.3, 0.4) is 0 Å². The number of likely N-dealkylation sites (N-methyl/N-ethyl adjacent to an activating group) is 1. The number of carbonyl (C=O) groups excluding carboxylic acids is 1. The number of ether oxygens (including phenoxy) is 1. The Bertz CT molecular complexity index is 1120. The van der Waals surface area contributed by atoms with Gasteiger partial charge in [0.15, 0.2) is 0 Å². The molecule has 1 atom stereocenters. The summed E-state index contributed by atoms with van der Waals surface area (Å²) in [5.74, 6) is 1.43. The minimum absolute atomic E-state index is 0.0718. The summed E-state index contributed by atoms with van der Waals surface area (Å²) >= 11 is 0. The lowest BCUT2D eigenvalue weighted by molar-refractivity contribution is -0.127. The lowest BCUT2D eigenvalue weighted by Crippen LogP contribution is -2.23. The van der Waals surface area contributed by atoms with Crippen molar-refractivity contribution in [1.29, 1.82) is 0 Å². The Kier molecular flexibility index (Phi) is 7.15. The lowest BCUT2D eigenvalue weighted by atomic mass is 10.1. The third kappa shape index (κ3) is 5.26. The first-order valence-electron chi connectivity index (χ1n) is 10.6. The van der Waals surface area contributed by atoms with E-state index >= 15 is 0 Å². The third-order valence-corrected chi connectivity index (χ3v) is 5.23. The van der Waals surface area contributed by atoms with E-state index in [-0.39, 0.29) is 24.3 Å². The van der Waals surface area contributed by atoms with E-state index in [0.717, 1.165) is 22.3 Å². The fraction of sp³-hybridized carbons (Fsp3) is 0.375. The van der Waals surface area contributed by atoms with Crippen LogP contribution in [-0.4, -0.2) is 59.9 Å². The van der Waals surface area contributed by atoms with Crippen LogP contribution >= 0.6 is 0 Å². The smallest absolute Gasteiger partial charge is 0.226 e. The van der Waals surface area contributed by atoms with E-state index in [0.29, 0.717) is 23.8 Å². The van der Waals surface area contributed by atoms with Gasteiger partial charge in [0.05, 0.1) is 11.9 Å². The predicted octanol–water partition coefficient (Wildman–Crippen LogP) is 3.84. The number of amides is 1. The zero-order chi connectivity index (χ0) is 23.4. The van der Waals surface area contributed by atoms with E-state index in [9.17, 15) is 9.90 Å². The van der Waals surface area contributed by atoms with Gasteiger partial charge in [-0.1, -0.05) is 0 Å². The van der Waals surface area contributed by atoms with Crippen molar-refractivity contribution in [2.75, 3.05) is 38.0 Å². The highest BCUT2D eigenvalue weighted by molar-refractivity contribution is 5.92. The maximum atomic E-state index is 12.1. The van der Waals surface area contributed by atoms with Crippen LogP contribution < -0.4 is 10.2 Å². The summed E-state index contributed by atoms with van der Waals surface area (Å²) in [5.41, 5.74) is 3.20. The molecule has 1 amide bonds. The fourth-order valence-electron chi connectivity index (χ4n) is 3.43. The van der Waals surface area contributed by atoms with Crippen molar-refractivity contribution in [1.82, 2.24) is 14.9 Å². The van der Waals surface area contributed by atoms with Gasteiger partial charge in [-0.15, -0.1) is 0 Å². The molecule has 8 nitrogen and oxygen atoms in total. The van der Waals surface area contributed by atoms with Gasteiger partial charge in [-0.3, -0.25) is 4.79 Å². The highest BCUT2D eigenvalue weighted by Crippen LogP contribution is 2.32. The van der Waals surface area contributed by atoms with Gasteiger partial charge in [0.1, 0.15) is 23.6 Å². The maximum Gasteiger partial charge on any atom is 0.226 e. The second-order valence-electron chi connectivity index (χ2n) is 7.90. The maximum absolute atomic E-state index is 12.1. The molecule has 0 radical (unpaired) electrons. The summed E-state index contributed by atoms with van der Waals surface area (Å²) in [6.45, 7) is 6.36. The lowest BCUT2D eigenvalue weighted by Gasteiger charge is -2.22. The molecular weight excluding hydrogens is 406 g/mol. The molecule has 3 aromatic rings. The van der Waals surface area contributed by atoms with Crippen molar-refractivity contribution in [2.24, 2.45) is 0 Å². The van der Waals surface area contributed by atoms with Gasteiger partial charge in [-0.25, -0.2) is 9.97 Å². The molecule has 0 fully saturated rings. The van der Waals surface area contributed by atoms with Crippen molar-refractivity contribution >= 4 is 34.0 Å². The number of aryl methyl sites for hydroxylation is 1. The number of nitrogens with zero attached hydrogens (tertiary/aromatic N) is 4. The third-order valence-electron chi connectivity index (χ3n) is 5.23. The monoisotopic (exact) mass is 437 g/mol. The molecule has 32 heavy (non-hydrogen) atoms. The molecule has 2 N–H and O–H groups in total. The molecule has 0 saturated heterocycles. The number of phenolic OH excluding ortho intramolecular Hbond substituents is 1. The molecule has 170 valence electrons. The topological polar surface area (TPSA) is 90.8 Å². The number of fused-ring (bicyclic) bond motifs is 1. The Balaban J connectivity index is 1.97. The zero-order valence-corrected chi connectivity index (χ0v) is 19.5. The molecule has 0 saturated carbocycles. The van der Waals surface area contributed by atoms with Gasteiger partial charge in [0, 0.05) is 50.1 Å². The van der Waals surface area contributed by atoms with Gasteiger partial charge in [-0.2, -0.15) is 0 Å². The summed E-state index contributed by atoms with van der Waals surface area (Å²) in [6.07, 6.45) is -0.0536. The molecule has 0 aliphatic rings. The van der Waals surface area contributed by atoms with Crippen molar-refractivity contribution < 1.29 is 14.6 Å². The Morgan fingerprint density at radius 2 is 1.81 bits per heavy atom. The highest BCUT2D eigenvalue weighted by Gasteiger charge is 2.15. The molecule has 2 aromatic carbocycles. The summed E-state index contributed by atoms with van der Waals surface area (Å²) in [5, 5.41) is 14.4. The first kappa shape index (κ1) is 23.3. The van der Waals surface area contributed by atoms with Crippen LogP contribution in [0.2, 0.25) is 0 Å². The van der Waals surface area contributed by atoms with E-state index in [1.807, 2.05) is 63.1 Å². The van der Waals surface area contributed by atoms with Crippen molar-refractivity contribution in [3.63, 3.8) is 0 Å². The molecule has 1 heterocycles. The number of carbonyl (C=O) groups is 1. The standard InChI is InChI=1S/C24H31N5O3/c1-7-32-16(3)27-24-20-14-19(8-10-21(20)25-15(2)26-24)29(6)18-9-11-22(30)17(12-18)13-23(31)28(4)5/h8-12,14,16,30H,7,13H2,1-6H3,(H,25,26,27). The van der Waals surface area contributed by atoms with Crippen LogP contribution in [0, 0.1) is 6.92 Å². The number of aromatic hydroxyl groups is 1. The van der Waals surface area contributed by atoms with E-state index in [2.05, 4.69) is 15.3 Å². The van der Waals surface area contributed by atoms with Gasteiger partial charge in [0.25, 0.3) is 0 Å². The normalized spacial score (nSPS) is 11.9.